The highest BCUT2D eigenvalue weighted by Crippen LogP contribution is 2.19. The SMILES string of the molecule is Nc1ccc(S(=O)CCC(=O)NC2CC2)c(F)c1. The molecule has 18 heavy (non-hydrogen) atoms. The Kier molecular flexibility index (Phi) is 3.96. The van der Waals surface area contributed by atoms with Gasteiger partial charge < -0.3 is 11.1 Å². The average molecular weight is 270 g/mol. The van der Waals surface area contributed by atoms with Crippen LogP contribution in [0.3, 0.4) is 0 Å². The molecule has 1 unspecified atom stereocenters. The molecule has 1 atom stereocenters. The molecule has 0 heterocycles. The van der Waals surface area contributed by atoms with E-state index in [1.807, 2.05) is 0 Å². The average Bonchev–Trinajstić information content (AvgIpc) is 3.10. The van der Waals surface area contributed by atoms with Crippen LogP contribution < -0.4 is 11.1 Å². The third-order valence-corrected chi connectivity index (χ3v) is 4.05. The molecule has 0 aliphatic heterocycles. The van der Waals surface area contributed by atoms with Gasteiger partial charge in [-0.3, -0.25) is 9.00 Å². The van der Waals surface area contributed by atoms with Crippen molar-refractivity contribution in [3.8, 4) is 0 Å². The van der Waals surface area contributed by atoms with Gasteiger partial charge in [0, 0.05) is 23.9 Å². The van der Waals surface area contributed by atoms with E-state index in [-0.39, 0.29) is 23.0 Å². The fraction of sp³-hybridized carbons (Fsp3) is 0.417. The number of hydrogen-bond donors (Lipinski definition) is 2. The molecule has 98 valence electrons. The van der Waals surface area contributed by atoms with E-state index in [4.69, 9.17) is 5.73 Å². The first kappa shape index (κ1) is 13.0. The van der Waals surface area contributed by atoms with E-state index in [0.29, 0.717) is 11.7 Å². The number of hydrogen-bond acceptors (Lipinski definition) is 3. The molecule has 0 radical (unpaired) electrons. The first-order valence-electron chi connectivity index (χ1n) is 5.79. The van der Waals surface area contributed by atoms with Crippen LogP contribution in [0, 0.1) is 5.82 Å². The lowest BCUT2D eigenvalue weighted by atomic mass is 10.3. The highest BCUT2D eigenvalue weighted by atomic mass is 32.2. The molecule has 1 amide bonds. The number of rotatable bonds is 5. The van der Waals surface area contributed by atoms with Crippen LogP contribution in [0.15, 0.2) is 23.1 Å². The fourth-order valence-corrected chi connectivity index (χ4v) is 2.61. The van der Waals surface area contributed by atoms with Crippen molar-refractivity contribution in [2.24, 2.45) is 0 Å². The van der Waals surface area contributed by atoms with Crippen LogP contribution in [0.2, 0.25) is 0 Å². The molecule has 4 nitrogen and oxygen atoms in total. The minimum Gasteiger partial charge on any atom is -0.399 e. The summed E-state index contributed by atoms with van der Waals surface area (Å²) in [5.41, 5.74) is 5.70. The molecule has 0 saturated heterocycles. The summed E-state index contributed by atoms with van der Waals surface area (Å²) in [6, 6.07) is 4.33. The summed E-state index contributed by atoms with van der Waals surface area (Å²) in [6.45, 7) is 0. The lowest BCUT2D eigenvalue weighted by Crippen LogP contribution is -2.26. The molecule has 3 N–H and O–H groups in total. The predicted molar refractivity (Wildman–Crippen MR) is 67.9 cm³/mol. The van der Waals surface area contributed by atoms with Crippen molar-refractivity contribution in [2.45, 2.75) is 30.2 Å². The molecule has 0 spiro atoms. The zero-order chi connectivity index (χ0) is 13.1. The van der Waals surface area contributed by atoms with Gasteiger partial charge in [-0.1, -0.05) is 0 Å². The number of benzene rings is 1. The van der Waals surface area contributed by atoms with Crippen LogP contribution in [-0.4, -0.2) is 21.9 Å². The largest absolute Gasteiger partial charge is 0.399 e. The van der Waals surface area contributed by atoms with Crippen LogP contribution in [0.4, 0.5) is 10.1 Å². The molecule has 2 rings (SSSR count). The van der Waals surface area contributed by atoms with Crippen molar-refractivity contribution in [1.29, 1.82) is 0 Å². The van der Waals surface area contributed by atoms with Gasteiger partial charge in [-0.15, -0.1) is 0 Å². The topological polar surface area (TPSA) is 72.2 Å². The van der Waals surface area contributed by atoms with Crippen molar-refractivity contribution in [3.05, 3.63) is 24.0 Å². The van der Waals surface area contributed by atoms with Crippen molar-refractivity contribution in [1.82, 2.24) is 5.32 Å². The van der Waals surface area contributed by atoms with E-state index in [0.717, 1.165) is 18.9 Å². The van der Waals surface area contributed by atoms with E-state index < -0.39 is 16.6 Å². The lowest BCUT2D eigenvalue weighted by Gasteiger charge is -2.05. The number of nitrogens with one attached hydrogen (secondary N) is 1. The Labute approximate surface area is 107 Å². The Morgan fingerprint density at radius 3 is 2.83 bits per heavy atom. The normalized spacial score (nSPS) is 16.3. The summed E-state index contributed by atoms with van der Waals surface area (Å²) in [5.74, 6) is -0.586. The monoisotopic (exact) mass is 270 g/mol. The van der Waals surface area contributed by atoms with Crippen LogP contribution in [0.1, 0.15) is 19.3 Å². The van der Waals surface area contributed by atoms with Gasteiger partial charge in [-0.2, -0.15) is 0 Å². The third kappa shape index (κ3) is 3.53. The predicted octanol–water partition coefficient (Wildman–Crippen LogP) is 1.18. The van der Waals surface area contributed by atoms with Gasteiger partial charge in [0.15, 0.2) is 0 Å². The van der Waals surface area contributed by atoms with Gasteiger partial charge in [-0.25, -0.2) is 4.39 Å². The summed E-state index contributed by atoms with van der Waals surface area (Å²) in [6.07, 6.45) is 2.18. The Morgan fingerprint density at radius 1 is 1.50 bits per heavy atom. The number of nitrogens with two attached hydrogens (primary N) is 1. The molecule has 1 aromatic carbocycles. The highest BCUT2D eigenvalue weighted by Gasteiger charge is 2.23. The van der Waals surface area contributed by atoms with Gasteiger partial charge in [0.1, 0.15) is 5.82 Å². The molecule has 0 bridgehead atoms. The number of halogens is 1. The molecule has 1 aliphatic rings. The summed E-state index contributed by atoms with van der Waals surface area (Å²) < 4.78 is 25.3. The molecular weight excluding hydrogens is 255 g/mol. The van der Waals surface area contributed by atoms with E-state index >= 15 is 0 Å². The molecule has 6 heteroatoms. The Hall–Kier alpha value is -1.43. The van der Waals surface area contributed by atoms with Gasteiger partial charge >= 0.3 is 0 Å². The second-order valence-corrected chi connectivity index (χ2v) is 5.87. The maximum atomic E-state index is 13.5. The maximum absolute atomic E-state index is 13.5. The van der Waals surface area contributed by atoms with Crippen molar-refractivity contribution in [2.75, 3.05) is 11.5 Å². The molecular formula is C12H15FN2O2S. The Bertz CT molecular complexity index is 489. The Morgan fingerprint density at radius 2 is 2.22 bits per heavy atom. The summed E-state index contributed by atoms with van der Waals surface area (Å²) >= 11 is 0. The lowest BCUT2D eigenvalue weighted by molar-refractivity contribution is -0.120. The number of anilines is 1. The molecule has 1 aromatic rings. The second-order valence-electron chi connectivity index (χ2n) is 4.33. The number of amides is 1. The minimum absolute atomic E-state index is 0.100. The second kappa shape index (κ2) is 5.48. The maximum Gasteiger partial charge on any atom is 0.221 e. The minimum atomic E-state index is -1.51. The third-order valence-electron chi connectivity index (χ3n) is 2.66. The Balaban J connectivity index is 1.88. The van der Waals surface area contributed by atoms with Crippen LogP contribution in [0.25, 0.3) is 0 Å². The smallest absolute Gasteiger partial charge is 0.221 e. The van der Waals surface area contributed by atoms with Crippen molar-refractivity contribution < 1.29 is 13.4 Å². The van der Waals surface area contributed by atoms with Crippen LogP contribution in [0.5, 0.6) is 0 Å². The van der Waals surface area contributed by atoms with Crippen molar-refractivity contribution in [3.63, 3.8) is 0 Å². The number of carbonyl (C=O) groups excluding carboxylic acids is 1. The van der Waals surface area contributed by atoms with Crippen LogP contribution >= 0.6 is 0 Å². The van der Waals surface area contributed by atoms with E-state index in [1.165, 1.54) is 12.1 Å². The highest BCUT2D eigenvalue weighted by molar-refractivity contribution is 7.85. The molecule has 1 saturated carbocycles. The molecule has 0 aromatic heterocycles. The molecule has 1 aliphatic carbocycles. The van der Waals surface area contributed by atoms with Crippen molar-refractivity contribution >= 4 is 22.4 Å². The van der Waals surface area contributed by atoms with Gasteiger partial charge in [-0.05, 0) is 31.0 Å². The first-order chi connectivity index (χ1) is 8.56. The summed E-state index contributed by atoms with van der Waals surface area (Å²) in [7, 11) is -1.51. The number of carbonyl (C=O) groups is 1. The molecule has 1 fully saturated rings. The van der Waals surface area contributed by atoms with Gasteiger partial charge in [0.2, 0.25) is 5.91 Å². The standard InChI is InChI=1S/C12H15FN2O2S/c13-10-7-8(14)1-4-11(10)18(17)6-5-12(16)15-9-2-3-9/h1,4,7,9H,2-3,5-6,14H2,(H,15,16). The fourth-order valence-electron chi connectivity index (χ4n) is 1.52. The van der Waals surface area contributed by atoms with Crippen LogP contribution in [-0.2, 0) is 15.6 Å². The quantitative estimate of drug-likeness (QED) is 0.789. The van der Waals surface area contributed by atoms with Gasteiger partial charge in [0.05, 0.1) is 15.7 Å². The first-order valence-corrected chi connectivity index (χ1v) is 7.11. The van der Waals surface area contributed by atoms with E-state index in [2.05, 4.69) is 5.32 Å². The van der Waals surface area contributed by atoms with Gasteiger partial charge in [0.25, 0.3) is 0 Å². The summed E-state index contributed by atoms with van der Waals surface area (Å²) in [5, 5.41) is 2.80. The zero-order valence-corrected chi connectivity index (χ0v) is 10.6. The van der Waals surface area contributed by atoms with E-state index in [9.17, 15) is 13.4 Å². The van der Waals surface area contributed by atoms with E-state index in [1.54, 1.807) is 0 Å². The summed E-state index contributed by atoms with van der Waals surface area (Å²) in [4.78, 5) is 11.5. The number of nitrogen functional groups attached to an aromatic ring is 1. The zero-order valence-electron chi connectivity index (χ0n) is 9.82.